The summed E-state index contributed by atoms with van der Waals surface area (Å²) in [6.07, 6.45) is 7.57. The van der Waals surface area contributed by atoms with Crippen LogP contribution in [-0.2, 0) is 14.3 Å². The molecule has 6 heteroatoms. The number of pyridine rings is 1. The zero-order valence-electron chi connectivity index (χ0n) is 15.5. The summed E-state index contributed by atoms with van der Waals surface area (Å²) in [5.41, 5.74) is 1.58. The fraction of sp³-hybridized carbons (Fsp3) is 0.227. The second kappa shape index (κ2) is 9.62. The molecule has 0 unspecified atom stereocenters. The van der Waals surface area contributed by atoms with Gasteiger partial charge in [-0.1, -0.05) is 18.2 Å². The van der Waals surface area contributed by atoms with E-state index in [-0.39, 0.29) is 23.7 Å². The molecular weight excluding hydrogens is 356 g/mol. The number of ketones is 2. The fourth-order valence-corrected chi connectivity index (χ4v) is 2.73. The Kier molecular flexibility index (Phi) is 6.70. The van der Waals surface area contributed by atoms with Gasteiger partial charge in [-0.25, -0.2) is 4.98 Å². The van der Waals surface area contributed by atoms with E-state index in [1.54, 1.807) is 30.5 Å². The van der Waals surface area contributed by atoms with Crippen molar-refractivity contribution in [3.63, 3.8) is 0 Å². The molecule has 2 heterocycles. The van der Waals surface area contributed by atoms with Gasteiger partial charge in [0.15, 0.2) is 11.6 Å². The lowest BCUT2D eigenvalue weighted by molar-refractivity contribution is -0.121. The zero-order valence-corrected chi connectivity index (χ0v) is 15.5. The van der Waals surface area contributed by atoms with Gasteiger partial charge in [-0.2, -0.15) is 0 Å². The van der Waals surface area contributed by atoms with Crippen molar-refractivity contribution in [2.75, 3.05) is 31.2 Å². The van der Waals surface area contributed by atoms with Crippen molar-refractivity contribution in [2.24, 2.45) is 0 Å². The molecule has 0 saturated carbocycles. The molecule has 0 atom stereocenters. The number of anilines is 1. The first-order valence-corrected chi connectivity index (χ1v) is 9.10. The Morgan fingerprint density at radius 3 is 2.18 bits per heavy atom. The number of aromatic nitrogens is 1. The van der Waals surface area contributed by atoms with Crippen molar-refractivity contribution >= 4 is 29.5 Å². The van der Waals surface area contributed by atoms with Gasteiger partial charge in [0.2, 0.25) is 0 Å². The first kappa shape index (κ1) is 19.5. The van der Waals surface area contributed by atoms with Crippen LogP contribution in [0.25, 0.3) is 12.2 Å². The molecule has 0 radical (unpaired) electrons. The lowest BCUT2D eigenvalue weighted by atomic mass is 10.1. The molecule has 1 aromatic carbocycles. The lowest BCUT2D eigenvalue weighted by Gasteiger charge is -2.27. The molecule has 0 spiro atoms. The quantitative estimate of drug-likeness (QED) is 0.590. The van der Waals surface area contributed by atoms with Gasteiger partial charge in [0, 0.05) is 19.3 Å². The van der Waals surface area contributed by atoms with E-state index in [9.17, 15) is 14.7 Å². The average Bonchev–Trinajstić information content (AvgIpc) is 2.73. The summed E-state index contributed by atoms with van der Waals surface area (Å²) in [6, 6.07) is 10.3. The Morgan fingerprint density at radius 1 is 0.964 bits per heavy atom. The third kappa shape index (κ3) is 5.89. The van der Waals surface area contributed by atoms with E-state index in [4.69, 9.17) is 4.74 Å². The minimum absolute atomic E-state index is 0.163. The van der Waals surface area contributed by atoms with E-state index in [1.165, 1.54) is 24.3 Å². The number of phenols is 1. The molecule has 1 aromatic heterocycles. The average molecular weight is 378 g/mol. The molecular formula is C22H22N2O4. The summed E-state index contributed by atoms with van der Waals surface area (Å²) < 4.78 is 5.33. The van der Waals surface area contributed by atoms with Crippen molar-refractivity contribution in [1.82, 2.24) is 4.98 Å². The Labute approximate surface area is 163 Å². The summed E-state index contributed by atoms with van der Waals surface area (Å²) in [7, 11) is 0. The number of hydrogen-bond donors (Lipinski definition) is 1. The zero-order chi connectivity index (χ0) is 19.8. The first-order valence-electron chi connectivity index (χ1n) is 9.10. The molecule has 6 nitrogen and oxygen atoms in total. The van der Waals surface area contributed by atoms with Gasteiger partial charge in [0.1, 0.15) is 11.6 Å². The van der Waals surface area contributed by atoms with Gasteiger partial charge < -0.3 is 14.7 Å². The molecule has 28 heavy (non-hydrogen) atoms. The molecule has 0 bridgehead atoms. The summed E-state index contributed by atoms with van der Waals surface area (Å²) in [5.74, 6) is 0.513. The number of nitrogens with zero attached hydrogens (tertiary/aromatic N) is 2. The number of carbonyl (C=O) groups excluding carboxylic acids is 2. The molecule has 2 aromatic rings. The van der Waals surface area contributed by atoms with Crippen molar-refractivity contribution in [3.05, 3.63) is 65.9 Å². The Balaban J connectivity index is 1.50. The van der Waals surface area contributed by atoms with E-state index in [0.717, 1.165) is 30.0 Å². The fourth-order valence-electron chi connectivity index (χ4n) is 2.73. The standard InChI is InChI=1S/C22H22N2O4/c25-19-6-1-17(2-7-19)3-8-20(26)15-21(27)9-4-18-5-10-22(23-16-18)24-11-13-28-14-12-24/h1-10,16,25H,11-15H2/b8-3+,9-4+. The topological polar surface area (TPSA) is 79.7 Å². The highest BCUT2D eigenvalue weighted by atomic mass is 16.5. The predicted molar refractivity (Wildman–Crippen MR) is 108 cm³/mol. The number of benzene rings is 1. The highest BCUT2D eigenvalue weighted by Crippen LogP contribution is 2.14. The maximum absolute atomic E-state index is 12.0. The van der Waals surface area contributed by atoms with Crippen molar-refractivity contribution in [1.29, 1.82) is 0 Å². The molecule has 1 aliphatic rings. The molecule has 144 valence electrons. The maximum Gasteiger partial charge on any atom is 0.163 e. The number of carbonyl (C=O) groups is 2. The maximum atomic E-state index is 12.0. The Hall–Kier alpha value is -3.25. The third-order valence-corrected chi connectivity index (χ3v) is 4.27. The van der Waals surface area contributed by atoms with E-state index >= 15 is 0 Å². The van der Waals surface area contributed by atoms with Crippen LogP contribution in [0.3, 0.4) is 0 Å². The van der Waals surface area contributed by atoms with Gasteiger partial charge in [-0.3, -0.25) is 9.59 Å². The van der Waals surface area contributed by atoms with Gasteiger partial charge in [0.25, 0.3) is 0 Å². The summed E-state index contributed by atoms with van der Waals surface area (Å²) in [4.78, 5) is 30.5. The SMILES string of the molecule is O=C(/C=C/c1ccc(O)cc1)CC(=O)/C=C/c1ccc(N2CCOCC2)nc1. The van der Waals surface area contributed by atoms with E-state index in [2.05, 4.69) is 9.88 Å². The first-order chi connectivity index (χ1) is 13.6. The molecule has 3 rings (SSSR count). The largest absolute Gasteiger partial charge is 0.508 e. The normalized spacial score (nSPS) is 14.6. The molecule has 0 amide bonds. The summed E-state index contributed by atoms with van der Waals surface area (Å²) in [5, 5.41) is 9.23. The number of ether oxygens (including phenoxy) is 1. The molecule has 1 saturated heterocycles. The predicted octanol–water partition coefficient (Wildman–Crippen LogP) is 2.88. The van der Waals surface area contributed by atoms with Crippen LogP contribution < -0.4 is 4.90 Å². The van der Waals surface area contributed by atoms with Crippen molar-refractivity contribution in [2.45, 2.75) is 6.42 Å². The van der Waals surface area contributed by atoms with Crippen molar-refractivity contribution < 1.29 is 19.4 Å². The van der Waals surface area contributed by atoms with E-state index in [1.807, 2.05) is 12.1 Å². The number of allylic oxidation sites excluding steroid dienone is 2. The van der Waals surface area contributed by atoms with E-state index < -0.39 is 0 Å². The Morgan fingerprint density at radius 2 is 1.57 bits per heavy atom. The van der Waals surface area contributed by atoms with Crippen LogP contribution in [0.5, 0.6) is 5.75 Å². The molecule has 1 fully saturated rings. The summed E-state index contributed by atoms with van der Waals surface area (Å²) in [6.45, 7) is 3.04. The van der Waals surface area contributed by atoms with Crippen LogP contribution in [0.15, 0.2) is 54.7 Å². The van der Waals surface area contributed by atoms with Crippen LogP contribution in [0.4, 0.5) is 5.82 Å². The second-order valence-corrected chi connectivity index (χ2v) is 6.42. The highest BCUT2D eigenvalue weighted by molar-refractivity contribution is 6.10. The molecule has 1 N–H and O–H groups in total. The smallest absolute Gasteiger partial charge is 0.163 e. The summed E-state index contributed by atoms with van der Waals surface area (Å²) >= 11 is 0. The second-order valence-electron chi connectivity index (χ2n) is 6.42. The van der Waals surface area contributed by atoms with Crippen molar-refractivity contribution in [3.8, 4) is 5.75 Å². The monoisotopic (exact) mass is 378 g/mol. The number of morpholine rings is 1. The molecule has 0 aliphatic carbocycles. The van der Waals surface area contributed by atoms with Gasteiger partial charge in [-0.15, -0.1) is 0 Å². The lowest BCUT2D eigenvalue weighted by Crippen LogP contribution is -2.36. The van der Waals surface area contributed by atoms with Crippen LogP contribution >= 0.6 is 0 Å². The van der Waals surface area contributed by atoms with Gasteiger partial charge >= 0.3 is 0 Å². The van der Waals surface area contributed by atoms with Crippen LogP contribution in [0.1, 0.15) is 17.5 Å². The number of phenolic OH excluding ortho intramolecular Hbond substituents is 1. The number of hydrogen-bond acceptors (Lipinski definition) is 6. The van der Waals surface area contributed by atoms with E-state index in [0.29, 0.717) is 13.2 Å². The van der Waals surface area contributed by atoms with Crippen LogP contribution in [0, 0.1) is 0 Å². The number of rotatable bonds is 7. The highest BCUT2D eigenvalue weighted by Gasteiger charge is 2.11. The van der Waals surface area contributed by atoms with Crippen LogP contribution in [0.2, 0.25) is 0 Å². The Bertz CT molecular complexity index is 864. The van der Waals surface area contributed by atoms with Gasteiger partial charge in [0.05, 0.1) is 19.6 Å². The van der Waals surface area contributed by atoms with Crippen LogP contribution in [-0.4, -0.2) is 48.0 Å². The minimum Gasteiger partial charge on any atom is -0.508 e. The number of aromatic hydroxyl groups is 1. The third-order valence-electron chi connectivity index (χ3n) is 4.27. The minimum atomic E-state index is -0.275. The van der Waals surface area contributed by atoms with Gasteiger partial charge in [-0.05, 0) is 53.6 Å². The molecule has 1 aliphatic heterocycles.